The summed E-state index contributed by atoms with van der Waals surface area (Å²) in [6.07, 6.45) is 0.752. The molecule has 4 rings (SSSR count). The van der Waals surface area contributed by atoms with Gasteiger partial charge in [0.15, 0.2) is 11.5 Å². The van der Waals surface area contributed by atoms with Gasteiger partial charge in [-0.3, -0.25) is 14.9 Å². The van der Waals surface area contributed by atoms with Crippen LogP contribution in [0.3, 0.4) is 0 Å². The molecule has 1 aliphatic heterocycles. The third-order valence-corrected chi connectivity index (χ3v) is 5.55. The van der Waals surface area contributed by atoms with Crippen molar-refractivity contribution in [1.29, 1.82) is 0 Å². The largest absolute Gasteiger partial charge is 0.493 e. The van der Waals surface area contributed by atoms with Crippen molar-refractivity contribution in [3.05, 3.63) is 87.5 Å². The van der Waals surface area contributed by atoms with Crippen LogP contribution in [0.2, 0.25) is 0 Å². The van der Waals surface area contributed by atoms with Gasteiger partial charge in [0.05, 0.1) is 19.1 Å². The lowest BCUT2D eigenvalue weighted by molar-refractivity contribution is -0.384. The van der Waals surface area contributed by atoms with Crippen LogP contribution in [-0.2, 0) is 13.0 Å². The van der Waals surface area contributed by atoms with E-state index >= 15 is 0 Å². The summed E-state index contributed by atoms with van der Waals surface area (Å²) in [6, 6.07) is 17.6. The molecule has 0 atom stereocenters. The monoisotopic (exact) mass is 418 g/mol. The van der Waals surface area contributed by atoms with Gasteiger partial charge in [0, 0.05) is 30.8 Å². The van der Waals surface area contributed by atoms with Gasteiger partial charge in [-0.1, -0.05) is 12.1 Å². The number of hydrogen-bond donors (Lipinski definition) is 0. The van der Waals surface area contributed by atoms with Gasteiger partial charge < -0.3 is 14.4 Å². The Labute approximate surface area is 180 Å². The van der Waals surface area contributed by atoms with Crippen molar-refractivity contribution in [2.75, 3.05) is 20.8 Å². The summed E-state index contributed by atoms with van der Waals surface area (Å²) in [5.41, 5.74) is 4.63. The lowest BCUT2D eigenvalue weighted by Gasteiger charge is -2.29. The number of ether oxygens (including phenoxy) is 2. The summed E-state index contributed by atoms with van der Waals surface area (Å²) in [4.78, 5) is 25.3. The highest BCUT2D eigenvalue weighted by atomic mass is 16.6. The zero-order chi connectivity index (χ0) is 22.0. The SMILES string of the molecule is COc1cc2c(cc1OC)CN(C(=O)c1ccc(-c3ccc([N+](=O)[O-])cc3)cc1)CC2. The lowest BCUT2D eigenvalue weighted by atomic mass is 9.97. The van der Waals surface area contributed by atoms with E-state index < -0.39 is 4.92 Å². The number of nitrogens with zero attached hydrogens (tertiary/aromatic N) is 2. The molecular formula is C24H22N2O5. The first kappa shape index (κ1) is 20.4. The Balaban J connectivity index is 1.51. The van der Waals surface area contributed by atoms with E-state index in [1.54, 1.807) is 38.5 Å². The maximum absolute atomic E-state index is 13.0. The molecular weight excluding hydrogens is 396 g/mol. The van der Waals surface area contributed by atoms with Crippen LogP contribution >= 0.6 is 0 Å². The summed E-state index contributed by atoms with van der Waals surface area (Å²) in [6.45, 7) is 1.14. The third-order valence-electron chi connectivity index (χ3n) is 5.55. The Morgan fingerprint density at radius 1 is 0.903 bits per heavy atom. The van der Waals surface area contributed by atoms with E-state index in [1.807, 2.05) is 29.2 Å². The van der Waals surface area contributed by atoms with Crippen molar-refractivity contribution < 1.29 is 19.2 Å². The van der Waals surface area contributed by atoms with Gasteiger partial charge in [-0.15, -0.1) is 0 Å². The average Bonchev–Trinajstić information content (AvgIpc) is 2.82. The van der Waals surface area contributed by atoms with Crippen LogP contribution in [0.1, 0.15) is 21.5 Å². The van der Waals surface area contributed by atoms with Crippen molar-refractivity contribution in [3.8, 4) is 22.6 Å². The van der Waals surface area contributed by atoms with Gasteiger partial charge in [-0.25, -0.2) is 0 Å². The van der Waals surface area contributed by atoms with E-state index in [4.69, 9.17) is 9.47 Å². The molecule has 0 N–H and O–H groups in total. The predicted molar refractivity (Wildman–Crippen MR) is 117 cm³/mol. The van der Waals surface area contributed by atoms with Crippen LogP contribution in [-0.4, -0.2) is 36.5 Å². The quantitative estimate of drug-likeness (QED) is 0.451. The Morgan fingerprint density at radius 3 is 2.00 bits per heavy atom. The number of hydrogen-bond acceptors (Lipinski definition) is 5. The highest BCUT2D eigenvalue weighted by Gasteiger charge is 2.23. The second-order valence-corrected chi connectivity index (χ2v) is 7.33. The van der Waals surface area contributed by atoms with Crippen LogP contribution in [0.25, 0.3) is 11.1 Å². The fourth-order valence-corrected chi connectivity index (χ4v) is 3.82. The summed E-state index contributed by atoms with van der Waals surface area (Å²) in [5, 5.41) is 10.8. The van der Waals surface area contributed by atoms with Crippen LogP contribution < -0.4 is 9.47 Å². The highest BCUT2D eigenvalue weighted by molar-refractivity contribution is 5.95. The molecule has 0 saturated heterocycles. The van der Waals surface area contributed by atoms with Crippen LogP contribution in [0.4, 0.5) is 5.69 Å². The van der Waals surface area contributed by atoms with Crippen molar-refractivity contribution in [2.45, 2.75) is 13.0 Å². The van der Waals surface area contributed by atoms with Crippen LogP contribution in [0, 0.1) is 10.1 Å². The summed E-state index contributed by atoms with van der Waals surface area (Å²) in [5.74, 6) is 1.32. The number of carbonyl (C=O) groups excluding carboxylic acids is 1. The Morgan fingerprint density at radius 2 is 1.45 bits per heavy atom. The molecule has 3 aromatic carbocycles. The standard InChI is InChI=1S/C24H22N2O5/c1-30-22-13-19-11-12-25(15-20(19)14-23(22)31-2)24(27)18-5-3-16(4-6-18)17-7-9-21(10-8-17)26(28)29/h3-10,13-14H,11-12,15H2,1-2H3. The fourth-order valence-electron chi connectivity index (χ4n) is 3.82. The predicted octanol–water partition coefficient (Wildman–Crippen LogP) is 4.48. The van der Waals surface area contributed by atoms with E-state index in [0.717, 1.165) is 28.7 Å². The Hall–Kier alpha value is -3.87. The number of non-ortho nitro benzene ring substituents is 1. The van der Waals surface area contributed by atoms with Crippen LogP contribution in [0.5, 0.6) is 11.5 Å². The van der Waals surface area contributed by atoms with Gasteiger partial charge in [0.1, 0.15) is 0 Å². The molecule has 7 nitrogen and oxygen atoms in total. The van der Waals surface area contributed by atoms with Gasteiger partial charge in [0.25, 0.3) is 11.6 Å². The summed E-state index contributed by atoms with van der Waals surface area (Å²) in [7, 11) is 3.21. The smallest absolute Gasteiger partial charge is 0.269 e. The van der Waals surface area contributed by atoms with E-state index in [2.05, 4.69) is 0 Å². The van der Waals surface area contributed by atoms with Crippen molar-refractivity contribution in [3.63, 3.8) is 0 Å². The molecule has 0 bridgehead atoms. The zero-order valence-corrected chi connectivity index (χ0v) is 17.3. The number of amides is 1. The maximum Gasteiger partial charge on any atom is 0.269 e. The topological polar surface area (TPSA) is 81.9 Å². The first-order chi connectivity index (χ1) is 15.0. The normalized spacial score (nSPS) is 12.8. The lowest BCUT2D eigenvalue weighted by Crippen LogP contribution is -2.36. The van der Waals surface area contributed by atoms with E-state index in [1.165, 1.54) is 12.1 Å². The minimum atomic E-state index is -0.423. The molecule has 0 fully saturated rings. The van der Waals surface area contributed by atoms with Gasteiger partial charge in [-0.05, 0) is 65.1 Å². The van der Waals surface area contributed by atoms with E-state index in [9.17, 15) is 14.9 Å². The highest BCUT2D eigenvalue weighted by Crippen LogP contribution is 2.33. The Kier molecular flexibility index (Phi) is 5.58. The van der Waals surface area contributed by atoms with Gasteiger partial charge >= 0.3 is 0 Å². The number of fused-ring (bicyclic) bond motifs is 1. The fraction of sp³-hybridized carbons (Fsp3) is 0.208. The maximum atomic E-state index is 13.0. The first-order valence-corrected chi connectivity index (χ1v) is 9.88. The van der Waals surface area contributed by atoms with Gasteiger partial charge in [0.2, 0.25) is 0 Å². The van der Waals surface area contributed by atoms with Crippen molar-refractivity contribution >= 4 is 11.6 Å². The molecule has 0 saturated carbocycles. The molecule has 3 aromatic rings. The minimum absolute atomic E-state index is 0.0318. The number of carbonyl (C=O) groups is 1. The second-order valence-electron chi connectivity index (χ2n) is 7.33. The van der Waals surface area contributed by atoms with Gasteiger partial charge in [-0.2, -0.15) is 0 Å². The molecule has 0 spiro atoms. The molecule has 0 aliphatic carbocycles. The third kappa shape index (κ3) is 4.07. The Bertz CT molecular complexity index is 1120. The number of rotatable bonds is 5. The van der Waals surface area contributed by atoms with Crippen LogP contribution in [0.15, 0.2) is 60.7 Å². The number of benzene rings is 3. The van der Waals surface area contributed by atoms with Crippen molar-refractivity contribution in [1.82, 2.24) is 4.90 Å². The molecule has 0 aromatic heterocycles. The average molecular weight is 418 g/mol. The molecule has 1 aliphatic rings. The molecule has 1 heterocycles. The summed E-state index contributed by atoms with van der Waals surface area (Å²) >= 11 is 0. The molecule has 7 heteroatoms. The molecule has 1 amide bonds. The van der Waals surface area contributed by atoms with E-state index in [0.29, 0.717) is 30.2 Å². The summed E-state index contributed by atoms with van der Waals surface area (Å²) < 4.78 is 10.8. The number of nitro benzene ring substituents is 1. The van der Waals surface area contributed by atoms with Crippen molar-refractivity contribution in [2.24, 2.45) is 0 Å². The number of nitro groups is 1. The second kappa shape index (κ2) is 8.47. The van der Waals surface area contributed by atoms with E-state index in [-0.39, 0.29) is 11.6 Å². The molecule has 31 heavy (non-hydrogen) atoms. The zero-order valence-electron chi connectivity index (χ0n) is 17.3. The first-order valence-electron chi connectivity index (χ1n) is 9.88. The molecule has 0 radical (unpaired) electrons. The molecule has 158 valence electrons. The minimum Gasteiger partial charge on any atom is -0.493 e. The number of methoxy groups -OCH3 is 2. The molecule has 0 unspecified atom stereocenters.